The van der Waals surface area contributed by atoms with E-state index in [4.69, 9.17) is 16.3 Å². The lowest BCUT2D eigenvalue weighted by atomic mass is 9.87. The van der Waals surface area contributed by atoms with Gasteiger partial charge in [0.1, 0.15) is 6.61 Å². The second-order valence-corrected chi connectivity index (χ2v) is 5.69. The quantitative estimate of drug-likeness (QED) is 0.504. The Labute approximate surface area is 122 Å². The van der Waals surface area contributed by atoms with Crippen LogP contribution in [0.5, 0.6) is 0 Å². The molecule has 0 saturated carbocycles. The largest absolute Gasteiger partial charge is 0.389 e. The highest BCUT2D eigenvalue weighted by Gasteiger charge is 2.13. The van der Waals surface area contributed by atoms with Crippen molar-refractivity contribution in [2.45, 2.75) is 32.8 Å². The minimum Gasteiger partial charge on any atom is -0.389 e. The molecule has 1 aromatic carbocycles. The Balaban J connectivity index is 1.96. The minimum absolute atomic E-state index is 0.0278. The van der Waals surface area contributed by atoms with E-state index in [1.165, 1.54) is 5.56 Å². The van der Waals surface area contributed by atoms with E-state index in [1.54, 1.807) is 0 Å². The van der Waals surface area contributed by atoms with E-state index in [2.05, 4.69) is 53.0 Å². The lowest BCUT2D eigenvalue weighted by Crippen LogP contribution is -2.16. The zero-order valence-corrected chi connectivity index (χ0v) is 12.3. The van der Waals surface area contributed by atoms with E-state index >= 15 is 0 Å². The van der Waals surface area contributed by atoms with Crippen molar-refractivity contribution in [3.05, 3.63) is 41.1 Å². The molecule has 1 aromatic heterocycles. The molecule has 0 saturated heterocycles. The Morgan fingerprint density at radius 1 is 1.24 bits per heavy atom. The van der Waals surface area contributed by atoms with Gasteiger partial charge in [0.15, 0.2) is 17.3 Å². The van der Waals surface area contributed by atoms with Crippen LogP contribution in [-0.4, -0.2) is 16.1 Å². The summed E-state index contributed by atoms with van der Waals surface area (Å²) >= 11 is 0. The molecule has 2 rings (SSSR count). The Morgan fingerprint density at radius 2 is 1.90 bits per heavy atom. The van der Waals surface area contributed by atoms with Crippen LogP contribution < -0.4 is 11.5 Å². The number of hydrogen-bond donors (Lipinski definition) is 2. The zero-order chi connectivity index (χ0) is 15.5. The molecule has 112 valence electrons. The molecule has 7 heteroatoms. The fourth-order valence-corrected chi connectivity index (χ4v) is 1.69. The normalized spacial score (nSPS) is 12.4. The number of amidine groups is 1. The van der Waals surface area contributed by atoms with Crippen molar-refractivity contribution in [2.75, 3.05) is 5.73 Å². The summed E-state index contributed by atoms with van der Waals surface area (Å²) in [6.45, 7) is 6.80. The molecule has 2 aromatic rings. The van der Waals surface area contributed by atoms with Gasteiger partial charge in [0.25, 0.3) is 0 Å². The summed E-state index contributed by atoms with van der Waals surface area (Å²) in [5.74, 6) is 0.106. The van der Waals surface area contributed by atoms with Gasteiger partial charge in [-0.25, -0.2) is 4.63 Å². The third-order valence-electron chi connectivity index (χ3n) is 2.97. The van der Waals surface area contributed by atoms with Crippen molar-refractivity contribution in [1.29, 1.82) is 0 Å². The van der Waals surface area contributed by atoms with Crippen molar-refractivity contribution < 1.29 is 9.47 Å². The molecule has 0 spiro atoms. The van der Waals surface area contributed by atoms with Crippen LogP contribution in [-0.2, 0) is 16.9 Å². The van der Waals surface area contributed by atoms with E-state index < -0.39 is 0 Å². The first-order chi connectivity index (χ1) is 9.88. The first-order valence-electron chi connectivity index (χ1n) is 6.51. The molecule has 21 heavy (non-hydrogen) atoms. The van der Waals surface area contributed by atoms with E-state index in [0.29, 0.717) is 6.61 Å². The average molecular weight is 289 g/mol. The number of anilines is 1. The molecule has 0 aliphatic rings. The molecule has 7 nitrogen and oxygen atoms in total. The van der Waals surface area contributed by atoms with E-state index in [-0.39, 0.29) is 22.8 Å². The fourth-order valence-electron chi connectivity index (χ4n) is 1.69. The smallest absolute Gasteiger partial charge is 0.199 e. The van der Waals surface area contributed by atoms with E-state index in [1.807, 2.05) is 12.1 Å². The number of rotatable bonds is 4. The van der Waals surface area contributed by atoms with Gasteiger partial charge in [0, 0.05) is 0 Å². The Hall–Kier alpha value is -2.57. The van der Waals surface area contributed by atoms with Gasteiger partial charge in [-0.2, -0.15) is 0 Å². The first kappa shape index (κ1) is 14.8. The number of oxime groups is 1. The second kappa shape index (κ2) is 5.82. The predicted molar refractivity (Wildman–Crippen MR) is 79.4 cm³/mol. The average Bonchev–Trinajstić information content (AvgIpc) is 2.84. The van der Waals surface area contributed by atoms with E-state index in [0.717, 1.165) is 5.56 Å². The number of nitrogens with zero attached hydrogens (tertiary/aromatic N) is 3. The summed E-state index contributed by atoms with van der Waals surface area (Å²) < 4.78 is 4.43. The summed E-state index contributed by atoms with van der Waals surface area (Å²) in [4.78, 5) is 5.18. The summed E-state index contributed by atoms with van der Waals surface area (Å²) in [5, 5.41) is 10.7. The highest BCUT2D eigenvalue weighted by atomic mass is 16.6. The highest BCUT2D eigenvalue weighted by Crippen LogP contribution is 2.22. The summed E-state index contributed by atoms with van der Waals surface area (Å²) in [6.07, 6.45) is 0. The molecule has 0 aliphatic carbocycles. The molecule has 0 bridgehead atoms. The van der Waals surface area contributed by atoms with Crippen LogP contribution in [0.4, 0.5) is 5.82 Å². The molecule has 4 N–H and O–H groups in total. The third-order valence-corrected chi connectivity index (χ3v) is 2.97. The predicted octanol–water partition coefficient (Wildman–Crippen LogP) is 1.79. The molecule has 1 heterocycles. The third kappa shape index (κ3) is 3.71. The second-order valence-electron chi connectivity index (χ2n) is 5.69. The standard InChI is InChI=1S/C14H19N5O2/c1-14(2,3)10-6-4-9(5-7-10)8-20-18-12(15)11-13(16)19-21-17-11/h4-7H,8H2,1-3H3,(H2,15,18)(H2,16,19). The first-order valence-corrected chi connectivity index (χ1v) is 6.51. The van der Waals surface area contributed by atoms with Crippen molar-refractivity contribution >= 4 is 11.7 Å². The number of benzene rings is 1. The van der Waals surface area contributed by atoms with Crippen LogP contribution in [0.15, 0.2) is 34.1 Å². The maximum absolute atomic E-state index is 5.67. The number of nitrogen functional groups attached to an aromatic ring is 1. The van der Waals surface area contributed by atoms with Crippen LogP contribution in [0.1, 0.15) is 37.6 Å². The summed E-state index contributed by atoms with van der Waals surface area (Å²) in [7, 11) is 0. The summed E-state index contributed by atoms with van der Waals surface area (Å²) in [6, 6.07) is 8.15. The van der Waals surface area contributed by atoms with Crippen LogP contribution in [0.2, 0.25) is 0 Å². The molecule has 0 unspecified atom stereocenters. The van der Waals surface area contributed by atoms with Crippen LogP contribution in [0.3, 0.4) is 0 Å². The topological polar surface area (TPSA) is 113 Å². The Morgan fingerprint density at radius 3 is 2.43 bits per heavy atom. The zero-order valence-electron chi connectivity index (χ0n) is 12.3. The van der Waals surface area contributed by atoms with Gasteiger partial charge in [-0.1, -0.05) is 50.2 Å². The van der Waals surface area contributed by atoms with Gasteiger partial charge in [0.05, 0.1) is 0 Å². The Kier molecular flexibility index (Phi) is 4.11. The minimum atomic E-state index is 0.0278. The maximum Gasteiger partial charge on any atom is 0.199 e. The van der Waals surface area contributed by atoms with Gasteiger partial charge in [-0.05, 0) is 26.9 Å². The van der Waals surface area contributed by atoms with Crippen LogP contribution in [0, 0.1) is 0 Å². The fraction of sp³-hybridized carbons (Fsp3) is 0.357. The number of aromatic nitrogens is 2. The molecular formula is C14H19N5O2. The van der Waals surface area contributed by atoms with Gasteiger partial charge in [-0.3, -0.25) is 0 Å². The van der Waals surface area contributed by atoms with E-state index in [9.17, 15) is 0 Å². The maximum atomic E-state index is 5.67. The van der Waals surface area contributed by atoms with Crippen molar-refractivity contribution in [1.82, 2.24) is 10.3 Å². The van der Waals surface area contributed by atoms with Gasteiger partial charge >= 0.3 is 0 Å². The van der Waals surface area contributed by atoms with Gasteiger partial charge in [-0.15, -0.1) is 0 Å². The molecule has 0 amide bonds. The molecular weight excluding hydrogens is 270 g/mol. The van der Waals surface area contributed by atoms with Crippen molar-refractivity contribution in [3.63, 3.8) is 0 Å². The lowest BCUT2D eigenvalue weighted by molar-refractivity contribution is 0.130. The van der Waals surface area contributed by atoms with Gasteiger partial charge in [0.2, 0.25) is 0 Å². The van der Waals surface area contributed by atoms with Gasteiger partial charge < -0.3 is 16.3 Å². The van der Waals surface area contributed by atoms with Crippen LogP contribution in [0.25, 0.3) is 0 Å². The molecule has 0 radical (unpaired) electrons. The number of nitrogens with two attached hydrogens (primary N) is 2. The summed E-state index contributed by atoms with van der Waals surface area (Å²) in [5.41, 5.74) is 13.7. The molecule has 0 aliphatic heterocycles. The monoisotopic (exact) mass is 289 g/mol. The highest BCUT2D eigenvalue weighted by molar-refractivity contribution is 5.98. The molecule has 0 atom stereocenters. The lowest BCUT2D eigenvalue weighted by Gasteiger charge is -2.18. The Bertz CT molecular complexity index is 626. The van der Waals surface area contributed by atoms with Crippen molar-refractivity contribution in [3.8, 4) is 0 Å². The SMILES string of the molecule is CC(C)(C)c1ccc(CON=C(N)c2nonc2N)cc1. The van der Waals surface area contributed by atoms with Crippen LogP contribution >= 0.6 is 0 Å². The number of hydrogen-bond acceptors (Lipinski definition) is 6. The molecule has 0 fully saturated rings. The van der Waals surface area contributed by atoms with Crippen molar-refractivity contribution in [2.24, 2.45) is 10.9 Å².